The Hall–Kier alpha value is -2.53. The molecule has 158 valence electrons. The van der Waals surface area contributed by atoms with Crippen LogP contribution in [0, 0.1) is 11.3 Å². The fourth-order valence-electron chi connectivity index (χ4n) is 3.38. The summed E-state index contributed by atoms with van der Waals surface area (Å²) in [6.45, 7) is 3.26. The normalized spacial score (nSPS) is 15.9. The topological polar surface area (TPSA) is 82.0 Å². The Labute approximate surface area is 198 Å². The average molecular weight is 517 g/mol. The van der Waals surface area contributed by atoms with Crippen molar-refractivity contribution in [2.45, 2.75) is 19.8 Å². The van der Waals surface area contributed by atoms with Crippen LogP contribution in [0.15, 0.2) is 74.9 Å². The number of dihydropyridines is 1. The molecular formula is C23H19BrClN3O2S. The van der Waals surface area contributed by atoms with Crippen molar-refractivity contribution in [3.63, 3.8) is 0 Å². The van der Waals surface area contributed by atoms with Crippen LogP contribution in [0.2, 0.25) is 5.02 Å². The van der Waals surface area contributed by atoms with Gasteiger partial charge >= 0.3 is 0 Å². The maximum atomic E-state index is 12.4. The standard InChI is InChI=1S/C23H19BrClN3O2S/c1-13-21(14(2)29)22(17-5-3-4-6-19(17)25)18(11-26)23(27-13)31-12-20(30)28-16-9-7-15(24)8-10-16/h3-10,22,27H,12H2,1-2H3,(H,28,30)/t22-/m0/s1. The molecule has 0 aromatic heterocycles. The van der Waals surface area contributed by atoms with Gasteiger partial charge in [-0.05, 0) is 49.7 Å². The van der Waals surface area contributed by atoms with Gasteiger partial charge in [-0.3, -0.25) is 9.59 Å². The zero-order valence-corrected chi connectivity index (χ0v) is 20.0. The second-order valence-corrected chi connectivity index (χ2v) is 9.18. The molecule has 0 radical (unpaired) electrons. The van der Waals surface area contributed by atoms with Crippen LogP contribution in [0.5, 0.6) is 0 Å². The molecule has 0 unspecified atom stereocenters. The molecule has 0 saturated carbocycles. The first-order valence-corrected chi connectivity index (χ1v) is 11.5. The molecule has 3 rings (SSSR count). The highest BCUT2D eigenvalue weighted by Gasteiger charge is 2.34. The first-order valence-electron chi connectivity index (χ1n) is 9.37. The number of hydrogen-bond donors (Lipinski definition) is 2. The van der Waals surface area contributed by atoms with Gasteiger partial charge in [0.15, 0.2) is 5.78 Å². The Balaban J connectivity index is 1.88. The van der Waals surface area contributed by atoms with Crippen LogP contribution in [-0.4, -0.2) is 17.4 Å². The second-order valence-electron chi connectivity index (χ2n) is 6.87. The van der Waals surface area contributed by atoms with Crippen LogP contribution >= 0.6 is 39.3 Å². The van der Waals surface area contributed by atoms with E-state index >= 15 is 0 Å². The lowest BCUT2D eigenvalue weighted by Gasteiger charge is -2.29. The molecule has 0 spiro atoms. The molecule has 31 heavy (non-hydrogen) atoms. The second kappa shape index (κ2) is 10.2. The fourth-order valence-corrected chi connectivity index (χ4v) is 4.78. The smallest absolute Gasteiger partial charge is 0.234 e. The van der Waals surface area contributed by atoms with E-state index < -0.39 is 5.92 Å². The predicted octanol–water partition coefficient (Wildman–Crippen LogP) is 5.76. The van der Waals surface area contributed by atoms with E-state index in [1.165, 1.54) is 18.7 Å². The molecule has 1 aliphatic heterocycles. The van der Waals surface area contributed by atoms with Crippen molar-refractivity contribution in [2.24, 2.45) is 0 Å². The van der Waals surface area contributed by atoms with Gasteiger partial charge in [-0.25, -0.2) is 0 Å². The van der Waals surface area contributed by atoms with Gasteiger partial charge in [0.05, 0.1) is 28.3 Å². The van der Waals surface area contributed by atoms with Crippen molar-refractivity contribution in [3.8, 4) is 6.07 Å². The number of nitrogens with one attached hydrogen (secondary N) is 2. The highest BCUT2D eigenvalue weighted by atomic mass is 79.9. The van der Waals surface area contributed by atoms with Crippen molar-refractivity contribution in [1.82, 2.24) is 5.32 Å². The molecule has 5 nitrogen and oxygen atoms in total. The fraction of sp³-hybridized carbons (Fsp3) is 0.174. The Bertz CT molecular complexity index is 1140. The zero-order chi connectivity index (χ0) is 22.5. The largest absolute Gasteiger partial charge is 0.353 e. The molecular weight excluding hydrogens is 498 g/mol. The lowest BCUT2D eigenvalue weighted by molar-refractivity contribution is -0.114. The Morgan fingerprint density at radius 2 is 1.90 bits per heavy atom. The van der Waals surface area contributed by atoms with E-state index in [4.69, 9.17) is 11.6 Å². The van der Waals surface area contributed by atoms with E-state index in [9.17, 15) is 14.9 Å². The minimum atomic E-state index is -0.588. The van der Waals surface area contributed by atoms with Gasteiger partial charge < -0.3 is 10.6 Å². The number of carbonyl (C=O) groups is 2. The number of allylic oxidation sites excluding steroid dienone is 3. The van der Waals surface area contributed by atoms with Gasteiger partial charge in [0.25, 0.3) is 0 Å². The molecule has 1 amide bonds. The van der Waals surface area contributed by atoms with Gasteiger partial charge in [0.1, 0.15) is 0 Å². The molecule has 1 atom stereocenters. The Kier molecular flexibility index (Phi) is 7.60. The van der Waals surface area contributed by atoms with Crippen molar-refractivity contribution in [2.75, 3.05) is 11.1 Å². The third kappa shape index (κ3) is 5.40. The summed E-state index contributed by atoms with van der Waals surface area (Å²) in [5, 5.41) is 16.9. The Morgan fingerprint density at radius 3 is 2.52 bits per heavy atom. The SMILES string of the molecule is CC(=O)C1=C(C)NC(SCC(=O)Nc2ccc(Br)cc2)=C(C#N)[C@@H]1c1ccccc1Cl. The summed E-state index contributed by atoms with van der Waals surface area (Å²) in [7, 11) is 0. The van der Waals surface area contributed by atoms with Gasteiger partial charge in [-0.15, -0.1) is 0 Å². The Morgan fingerprint density at radius 1 is 1.23 bits per heavy atom. The minimum absolute atomic E-state index is 0.0987. The van der Waals surface area contributed by atoms with Gasteiger partial charge in [0, 0.05) is 26.5 Å². The van der Waals surface area contributed by atoms with Crippen LogP contribution < -0.4 is 10.6 Å². The van der Waals surface area contributed by atoms with Crippen molar-refractivity contribution >= 4 is 56.7 Å². The minimum Gasteiger partial charge on any atom is -0.353 e. The van der Waals surface area contributed by atoms with E-state index in [1.54, 1.807) is 31.2 Å². The first kappa shape index (κ1) is 23.1. The van der Waals surface area contributed by atoms with E-state index in [2.05, 4.69) is 32.6 Å². The average Bonchev–Trinajstić information content (AvgIpc) is 2.73. The maximum absolute atomic E-state index is 12.4. The number of nitrogens with zero attached hydrogens (tertiary/aromatic N) is 1. The first-order chi connectivity index (χ1) is 14.8. The summed E-state index contributed by atoms with van der Waals surface area (Å²) in [5.41, 5.74) is 2.87. The molecule has 2 aromatic rings. The van der Waals surface area contributed by atoms with E-state index in [0.717, 1.165) is 4.47 Å². The summed E-state index contributed by atoms with van der Waals surface area (Å²) in [4.78, 5) is 24.8. The van der Waals surface area contributed by atoms with Gasteiger partial charge in [-0.1, -0.05) is 57.5 Å². The summed E-state index contributed by atoms with van der Waals surface area (Å²) >= 11 is 11.0. The maximum Gasteiger partial charge on any atom is 0.234 e. The number of rotatable bonds is 6. The lowest BCUT2D eigenvalue weighted by atomic mass is 9.81. The summed E-state index contributed by atoms with van der Waals surface area (Å²) in [6, 6.07) is 16.7. The van der Waals surface area contributed by atoms with Crippen molar-refractivity contribution < 1.29 is 9.59 Å². The molecule has 1 aliphatic rings. The number of benzene rings is 2. The third-order valence-corrected chi connectivity index (χ3v) is 6.61. The van der Waals surface area contributed by atoms with Crippen LogP contribution in [0.3, 0.4) is 0 Å². The molecule has 0 aliphatic carbocycles. The molecule has 2 N–H and O–H groups in total. The van der Waals surface area contributed by atoms with Gasteiger partial charge in [0.2, 0.25) is 5.91 Å². The third-order valence-electron chi connectivity index (χ3n) is 4.72. The predicted molar refractivity (Wildman–Crippen MR) is 129 cm³/mol. The number of nitriles is 1. The van der Waals surface area contributed by atoms with Crippen LogP contribution in [0.1, 0.15) is 25.3 Å². The van der Waals surface area contributed by atoms with Crippen LogP contribution in [0.25, 0.3) is 0 Å². The number of anilines is 1. The molecule has 2 aromatic carbocycles. The van der Waals surface area contributed by atoms with E-state index in [1.807, 2.05) is 24.3 Å². The van der Waals surface area contributed by atoms with Crippen molar-refractivity contribution in [1.29, 1.82) is 5.26 Å². The molecule has 0 fully saturated rings. The number of thioether (sulfide) groups is 1. The van der Waals surface area contributed by atoms with E-state index in [0.29, 0.717) is 38.1 Å². The number of Topliss-reactive ketones (excluding diaryl/α,β-unsaturated/α-hetero) is 1. The van der Waals surface area contributed by atoms with E-state index in [-0.39, 0.29) is 17.4 Å². The molecule has 0 saturated heterocycles. The quantitative estimate of drug-likeness (QED) is 0.510. The summed E-state index contributed by atoms with van der Waals surface area (Å²) < 4.78 is 0.921. The van der Waals surface area contributed by atoms with Gasteiger partial charge in [-0.2, -0.15) is 5.26 Å². The lowest BCUT2D eigenvalue weighted by Crippen LogP contribution is -2.28. The highest BCUT2D eigenvalue weighted by molar-refractivity contribution is 9.10. The van der Waals surface area contributed by atoms with Crippen LogP contribution in [0.4, 0.5) is 5.69 Å². The molecule has 0 bridgehead atoms. The zero-order valence-electron chi connectivity index (χ0n) is 16.8. The summed E-state index contributed by atoms with van der Waals surface area (Å²) in [5.74, 6) is -0.831. The number of halogens is 2. The number of ketones is 1. The highest BCUT2D eigenvalue weighted by Crippen LogP contribution is 2.42. The van der Waals surface area contributed by atoms with Crippen molar-refractivity contribution in [3.05, 3.63) is 85.5 Å². The monoisotopic (exact) mass is 515 g/mol. The molecule has 1 heterocycles. The number of amides is 1. The summed E-state index contributed by atoms with van der Waals surface area (Å²) in [6.07, 6.45) is 0. The van der Waals surface area contributed by atoms with Crippen LogP contribution in [-0.2, 0) is 9.59 Å². The molecule has 8 heteroatoms. The number of hydrogen-bond acceptors (Lipinski definition) is 5. The number of carbonyl (C=O) groups excluding carboxylic acids is 2.